The fourth-order valence-electron chi connectivity index (χ4n) is 5.16. The molecular formula is C31H38N4O5. The number of amides is 2. The summed E-state index contributed by atoms with van der Waals surface area (Å²) in [5, 5.41) is 3.24. The van der Waals surface area contributed by atoms with Crippen molar-refractivity contribution in [1.82, 2.24) is 20.2 Å². The van der Waals surface area contributed by atoms with Gasteiger partial charge >= 0.3 is 0 Å². The SMILES string of the molecule is CCOc1ccccc1C(C(=O)NC1CCCCC1)N(CCc1ccc(OC)c(OC)c1)C(=O)c1cnccn1. The number of nitrogens with one attached hydrogen (secondary N) is 1. The Hall–Kier alpha value is -4.14. The average Bonchev–Trinajstić information content (AvgIpc) is 3.00. The van der Waals surface area contributed by atoms with Crippen LogP contribution in [0.1, 0.15) is 66.7 Å². The van der Waals surface area contributed by atoms with Gasteiger partial charge in [-0.25, -0.2) is 4.98 Å². The molecule has 1 heterocycles. The largest absolute Gasteiger partial charge is 0.494 e. The van der Waals surface area contributed by atoms with Gasteiger partial charge in [0.2, 0.25) is 5.91 Å². The Morgan fingerprint density at radius 3 is 2.48 bits per heavy atom. The molecule has 40 heavy (non-hydrogen) atoms. The van der Waals surface area contributed by atoms with Gasteiger partial charge < -0.3 is 24.4 Å². The maximum Gasteiger partial charge on any atom is 0.275 e. The van der Waals surface area contributed by atoms with Crippen LogP contribution < -0.4 is 19.5 Å². The summed E-state index contributed by atoms with van der Waals surface area (Å²) in [6.07, 6.45) is 10.1. The van der Waals surface area contributed by atoms with Gasteiger partial charge in [-0.2, -0.15) is 0 Å². The molecule has 1 saturated carbocycles. The molecule has 0 aliphatic heterocycles. The van der Waals surface area contributed by atoms with Gasteiger partial charge in [0.25, 0.3) is 5.91 Å². The summed E-state index contributed by atoms with van der Waals surface area (Å²) < 4.78 is 16.8. The van der Waals surface area contributed by atoms with Crippen molar-refractivity contribution >= 4 is 11.8 Å². The number of nitrogens with zero attached hydrogens (tertiary/aromatic N) is 3. The molecule has 3 aromatic rings. The van der Waals surface area contributed by atoms with Crippen LogP contribution in [0.5, 0.6) is 17.2 Å². The number of ether oxygens (including phenoxy) is 3. The topological polar surface area (TPSA) is 103 Å². The molecule has 0 spiro atoms. The molecule has 1 aliphatic carbocycles. The number of hydrogen-bond donors (Lipinski definition) is 1. The van der Waals surface area contributed by atoms with Gasteiger partial charge in [0, 0.05) is 30.5 Å². The lowest BCUT2D eigenvalue weighted by Gasteiger charge is -2.34. The second-order valence-electron chi connectivity index (χ2n) is 9.75. The van der Waals surface area contributed by atoms with Gasteiger partial charge in [-0.15, -0.1) is 0 Å². The highest BCUT2D eigenvalue weighted by molar-refractivity contribution is 5.96. The molecule has 1 N–H and O–H groups in total. The molecule has 4 rings (SSSR count). The third-order valence-electron chi connectivity index (χ3n) is 7.16. The zero-order chi connectivity index (χ0) is 28.3. The van der Waals surface area contributed by atoms with E-state index in [-0.39, 0.29) is 30.1 Å². The standard InChI is InChI=1S/C31H38N4O5/c1-4-40-26-13-9-8-12-24(26)29(30(36)34-23-10-6-5-7-11-23)35(31(37)25-21-32-17-18-33-25)19-16-22-14-15-27(38-2)28(20-22)39-3/h8-9,12-15,17-18,20-21,23,29H,4-7,10-11,16,19H2,1-3H3,(H,34,36). The van der Waals surface area contributed by atoms with Crippen molar-refractivity contribution in [1.29, 1.82) is 0 Å². The zero-order valence-corrected chi connectivity index (χ0v) is 23.5. The first-order valence-electron chi connectivity index (χ1n) is 13.9. The molecule has 1 fully saturated rings. The minimum Gasteiger partial charge on any atom is -0.494 e. The molecule has 212 valence electrons. The Bertz CT molecular complexity index is 1260. The van der Waals surface area contributed by atoms with Crippen LogP contribution in [0.25, 0.3) is 0 Å². The van der Waals surface area contributed by atoms with E-state index in [0.29, 0.717) is 35.8 Å². The van der Waals surface area contributed by atoms with Gasteiger partial charge in [-0.1, -0.05) is 43.5 Å². The highest BCUT2D eigenvalue weighted by Gasteiger charge is 2.35. The lowest BCUT2D eigenvalue weighted by molar-refractivity contribution is -0.127. The Balaban J connectivity index is 1.74. The summed E-state index contributed by atoms with van der Waals surface area (Å²) in [5.41, 5.74) is 1.72. The Morgan fingerprint density at radius 1 is 1.00 bits per heavy atom. The van der Waals surface area contributed by atoms with E-state index in [1.807, 2.05) is 49.4 Å². The number of methoxy groups -OCH3 is 2. The molecule has 9 heteroatoms. The Morgan fingerprint density at radius 2 is 1.77 bits per heavy atom. The van der Waals surface area contributed by atoms with E-state index in [2.05, 4.69) is 15.3 Å². The van der Waals surface area contributed by atoms with Crippen molar-refractivity contribution in [3.05, 3.63) is 77.9 Å². The first-order chi connectivity index (χ1) is 19.5. The Labute approximate surface area is 235 Å². The minimum atomic E-state index is -0.931. The van der Waals surface area contributed by atoms with Crippen molar-refractivity contribution in [2.24, 2.45) is 0 Å². The smallest absolute Gasteiger partial charge is 0.275 e. The molecular weight excluding hydrogens is 508 g/mol. The summed E-state index contributed by atoms with van der Waals surface area (Å²) in [5.74, 6) is 1.17. The average molecular weight is 547 g/mol. The molecule has 0 radical (unpaired) electrons. The molecule has 2 amide bonds. The monoisotopic (exact) mass is 546 g/mol. The van der Waals surface area contributed by atoms with E-state index >= 15 is 0 Å². The number of para-hydroxylation sites is 1. The van der Waals surface area contributed by atoms with Crippen molar-refractivity contribution in [2.75, 3.05) is 27.4 Å². The van der Waals surface area contributed by atoms with Crippen LogP contribution in [-0.4, -0.2) is 60.1 Å². The van der Waals surface area contributed by atoms with Gasteiger partial charge in [0.15, 0.2) is 11.5 Å². The summed E-state index contributed by atoms with van der Waals surface area (Å²) in [7, 11) is 3.17. The molecule has 0 bridgehead atoms. The van der Waals surface area contributed by atoms with Gasteiger partial charge in [0.05, 0.1) is 27.0 Å². The highest BCUT2D eigenvalue weighted by atomic mass is 16.5. The van der Waals surface area contributed by atoms with Crippen molar-refractivity contribution in [3.8, 4) is 17.2 Å². The van der Waals surface area contributed by atoms with E-state index in [0.717, 1.165) is 31.2 Å². The lowest BCUT2D eigenvalue weighted by Crippen LogP contribution is -2.48. The maximum absolute atomic E-state index is 14.1. The van der Waals surface area contributed by atoms with Gasteiger partial charge in [-0.05, 0) is 49.9 Å². The van der Waals surface area contributed by atoms with E-state index in [1.165, 1.54) is 25.0 Å². The zero-order valence-electron chi connectivity index (χ0n) is 23.5. The lowest BCUT2D eigenvalue weighted by atomic mass is 9.94. The molecule has 9 nitrogen and oxygen atoms in total. The molecule has 1 aromatic heterocycles. The number of aromatic nitrogens is 2. The fourth-order valence-corrected chi connectivity index (χ4v) is 5.16. The normalized spacial score (nSPS) is 14.2. The van der Waals surface area contributed by atoms with Crippen molar-refractivity contribution in [2.45, 2.75) is 57.5 Å². The van der Waals surface area contributed by atoms with E-state index in [1.54, 1.807) is 19.1 Å². The third kappa shape index (κ3) is 7.08. The van der Waals surface area contributed by atoms with Crippen LogP contribution in [0.2, 0.25) is 0 Å². The van der Waals surface area contributed by atoms with Crippen LogP contribution in [0, 0.1) is 0 Å². The first kappa shape index (κ1) is 28.9. The van der Waals surface area contributed by atoms with Crippen molar-refractivity contribution in [3.63, 3.8) is 0 Å². The summed E-state index contributed by atoms with van der Waals surface area (Å²) >= 11 is 0. The summed E-state index contributed by atoms with van der Waals surface area (Å²) in [6, 6.07) is 12.2. The van der Waals surface area contributed by atoms with E-state index < -0.39 is 6.04 Å². The fraction of sp³-hybridized carbons (Fsp3) is 0.419. The number of rotatable bonds is 12. The number of benzene rings is 2. The molecule has 0 saturated heterocycles. The minimum absolute atomic E-state index is 0.0716. The van der Waals surface area contributed by atoms with E-state index in [9.17, 15) is 9.59 Å². The summed E-state index contributed by atoms with van der Waals surface area (Å²) in [6.45, 7) is 2.57. The second kappa shape index (κ2) is 14.3. The van der Waals surface area contributed by atoms with Gasteiger partial charge in [-0.3, -0.25) is 14.6 Å². The number of hydrogen-bond acceptors (Lipinski definition) is 7. The third-order valence-corrected chi connectivity index (χ3v) is 7.16. The second-order valence-corrected chi connectivity index (χ2v) is 9.75. The highest BCUT2D eigenvalue weighted by Crippen LogP contribution is 2.33. The molecule has 1 atom stereocenters. The van der Waals surface area contributed by atoms with Crippen molar-refractivity contribution < 1.29 is 23.8 Å². The first-order valence-corrected chi connectivity index (χ1v) is 13.9. The summed E-state index contributed by atoms with van der Waals surface area (Å²) in [4.78, 5) is 38.1. The van der Waals surface area contributed by atoms with Crippen LogP contribution in [-0.2, 0) is 11.2 Å². The Kier molecular flexibility index (Phi) is 10.3. The van der Waals surface area contributed by atoms with E-state index in [4.69, 9.17) is 14.2 Å². The van der Waals surface area contributed by atoms with Crippen LogP contribution in [0.3, 0.4) is 0 Å². The predicted molar refractivity (Wildman–Crippen MR) is 152 cm³/mol. The van der Waals surface area contributed by atoms with Crippen LogP contribution in [0.15, 0.2) is 61.1 Å². The quantitative estimate of drug-likeness (QED) is 0.349. The predicted octanol–water partition coefficient (Wildman–Crippen LogP) is 4.77. The molecule has 2 aromatic carbocycles. The maximum atomic E-state index is 14.1. The number of carbonyl (C=O) groups is 2. The van der Waals surface area contributed by atoms with Gasteiger partial charge in [0.1, 0.15) is 17.5 Å². The molecule has 1 unspecified atom stereocenters. The number of carbonyl (C=O) groups excluding carboxylic acids is 2. The van der Waals surface area contributed by atoms with Crippen LogP contribution in [0.4, 0.5) is 0 Å². The molecule has 1 aliphatic rings. The van der Waals surface area contributed by atoms with Crippen LogP contribution >= 0.6 is 0 Å².